The molecule has 1 aromatic carbocycles. The van der Waals surface area contributed by atoms with Crippen molar-refractivity contribution in [1.82, 2.24) is 15.1 Å². The molecule has 0 spiro atoms. The third-order valence-corrected chi connectivity index (χ3v) is 3.42. The summed E-state index contributed by atoms with van der Waals surface area (Å²) in [7, 11) is 1.89. The van der Waals surface area contributed by atoms with E-state index >= 15 is 0 Å². The average molecular weight is 307 g/mol. The SMILES string of the molecule is CCNc1ccc(Cl)cc1C(=O)NCCc1ccnn1C. The Morgan fingerprint density at radius 3 is 2.86 bits per heavy atom. The number of halogens is 1. The Balaban J connectivity index is 1.99. The number of anilines is 1. The highest BCUT2D eigenvalue weighted by Crippen LogP contribution is 2.20. The Kier molecular flexibility index (Phi) is 5.22. The number of benzene rings is 1. The van der Waals surface area contributed by atoms with Crippen molar-refractivity contribution in [1.29, 1.82) is 0 Å². The van der Waals surface area contributed by atoms with Gasteiger partial charge in [-0.3, -0.25) is 9.48 Å². The van der Waals surface area contributed by atoms with Crippen LogP contribution in [0.4, 0.5) is 5.69 Å². The molecule has 5 nitrogen and oxygen atoms in total. The fraction of sp³-hybridized carbons (Fsp3) is 0.333. The summed E-state index contributed by atoms with van der Waals surface area (Å²) in [5.41, 5.74) is 2.43. The average Bonchev–Trinajstić information content (AvgIpc) is 2.86. The molecule has 0 bridgehead atoms. The Hall–Kier alpha value is -2.01. The van der Waals surface area contributed by atoms with E-state index < -0.39 is 0 Å². The lowest BCUT2D eigenvalue weighted by Gasteiger charge is -2.11. The lowest BCUT2D eigenvalue weighted by Crippen LogP contribution is -2.27. The van der Waals surface area contributed by atoms with Gasteiger partial charge in [0.05, 0.1) is 5.56 Å². The number of rotatable bonds is 6. The first-order chi connectivity index (χ1) is 10.1. The molecular weight excluding hydrogens is 288 g/mol. The molecule has 0 aliphatic rings. The van der Waals surface area contributed by atoms with Gasteiger partial charge in [0.25, 0.3) is 5.91 Å². The number of carbonyl (C=O) groups excluding carboxylic acids is 1. The zero-order chi connectivity index (χ0) is 15.2. The fourth-order valence-corrected chi connectivity index (χ4v) is 2.27. The molecule has 1 amide bonds. The van der Waals surface area contributed by atoms with Crippen LogP contribution in [0.15, 0.2) is 30.5 Å². The number of aromatic nitrogens is 2. The quantitative estimate of drug-likeness (QED) is 0.862. The Labute approximate surface area is 129 Å². The maximum atomic E-state index is 12.3. The monoisotopic (exact) mass is 306 g/mol. The second kappa shape index (κ2) is 7.13. The highest BCUT2D eigenvalue weighted by Gasteiger charge is 2.11. The predicted molar refractivity (Wildman–Crippen MR) is 84.9 cm³/mol. The zero-order valence-corrected chi connectivity index (χ0v) is 12.9. The summed E-state index contributed by atoms with van der Waals surface area (Å²) in [6.45, 7) is 3.28. The highest BCUT2D eigenvalue weighted by atomic mass is 35.5. The number of nitrogens with one attached hydrogen (secondary N) is 2. The van der Waals surface area contributed by atoms with Gasteiger partial charge in [-0.1, -0.05) is 11.6 Å². The first-order valence-corrected chi connectivity index (χ1v) is 7.28. The summed E-state index contributed by atoms with van der Waals surface area (Å²) in [4.78, 5) is 12.3. The molecule has 1 aromatic heterocycles. The molecule has 1 heterocycles. The first-order valence-electron chi connectivity index (χ1n) is 6.90. The minimum absolute atomic E-state index is 0.129. The Bertz CT molecular complexity index is 624. The number of carbonyl (C=O) groups is 1. The highest BCUT2D eigenvalue weighted by molar-refractivity contribution is 6.31. The van der Waals surface area contributed by atoms with Gasteiger partial charge < -0.3 is 10.6 Å². The number of hydrogen-bond donors (Lipinski definition) is 2. The second-order valence-corrected chi connectivity index (χ2v) is 5.11. The van der Waals surface area contributed by atoms with Crippen LogP contribution in [0.2, 0.25) is 5.02 Å². The summed E-state index contributed by atoms with van der Waals surface area (Å²) in [5, 5.41) is 10.7. The van der Waals surface area contributed by atoms with Crippen molar-refractivity contribution in [3.63, 3.8) is 0 Å². The van der Waals surface area contributed by atoms with Crippen molar-refractivity contribution in [2.45, 2.75) is 13.3 Å². The van der Waals surface area contributed by atoms with E-state index in [1.165, 1.54) is 0 Å². The van der Waals surface area contributed by atoms with E-state index in [0.717, 1.165) is 24.3 Å². The summed E-state index contributed by atoms with van der Waals surface area (Å²) in [5.74, 6) is -0.129. The van der Waals surface area contributed by atoms with Gasteiger partial charge in [0.15, 0.2) is 0 Å². The molecule has 0 atom stereocenters. The number of aryl methyl sites for hydroxylation is 1. The summed E-state index contributed by atoms with van der Waals surface area (Å²) < 4.78 is 1.80. The van der Waals surface area contributed by atoms with Crippen molar-refractivity contribution in [2.75, 3.05) is 18.4 Å². The molecule has 0 saturated heterocycles. The molecule has 21 heavy (non-hydrogen) atoms. The van der Waals surface area contributed by atoms with Gasteiger partial charge in [0, 0.05) is 49.2 Å². The lowest BCUT2D eigenvalue weighted by atomic mass is 10.1. The van der Waals surface area contributed by atoms with Gasteiger partial charge in [-0.25, -0.2) is 0 Å². The fourth-order valence-electron chi connectivity index (χ4n) is 2.09. The van der Waals surface area contributed by atoms with E-state index in [4.69, 9.17) is 11.6 Å². The minimum Gasteiger partial charge on any atom is -0.385 e. The van der Waals surface area contributed by atoms with Crippen molar-refractivity contribution in [3.8, 4) is 0 Å². The van der Waals surface area contributed by atoms with Gasteiger partial charge in [0.2, 0.25) is 0 Å². The molecule has 0 radical (unpaired) electrons. The number of hydrogen-bond acceptors (Lipinski definition) is 3. The van der Waals surface area contributed by atoms with Crippen LogP contribution in [0.5, 0.6) is 0 Å². The van der Waals surface area contributed by atoms with E-state index in [9.17, 15) is 4.79 Å². The van der Waals surface area contributed by atoms with Crippen LogP contribution in [0.3, 0.4) is 0 Å². The molecule has 6 heteroatoms. The van der Waals surface area contributed by atoms with E-state index in [0.29, 0.717) is 17.1 Å². The lowest BCUT2D eigenvalue weighted by molar-refractivity contribution is 0.0954. The third kappa shape index (κ3) is 3.98. The van der Waals surface area contributed by atoms with Crippen LogP contribution in [0, 0.1) is 0 Å². The molecular formula is C15H19ClN4O. The maximum absolute atomic E-state index is 12.3. The Morgan fingerprint density at radius 2 is 2.19 bits per heavy atom. The predicted octanol–water partition coefficient (Wildman–Crippen LogP) is 2.48. The van der Waals surface area contributed by atoms with Crippen molar-refractivity contribution in [3.05, 3.63) is 46.7 Å². The molecule has 0 unspecified atom stereocenters. The van der Waals surface area contributed by atoms with Gasteiger partial charge in [0.1, 0.15) is 0 Å². The van der Waals surface area contributed by atoms with Crippen LogP contribution in [0.25, 0.3) is 0 Å². The smallest absolute Gasteiger partial charge is 0.253 e. The largest absolute Gasteiger partial charge is 0.385 e. The van der Waals surface area contributed by atoms with Crippen molar-refractivity contribution >= 4 is 23.2 Å². The first kappa shape index (κ1) is 15.4. The molecule has 2 N–H and O–H groups in total. The van der Waals surface area contributed by atoms with Crippen molar-refractivity contribution in [2.24, 2.45) is 7.05 Å². The van der Waals surface area contributed by atoms with E-state index in [-0.39, 0.29) is 5.91 Å². The molecule has 2 rings (SSSR count). The van der Waals surface area contributed by atoms with Crippen LogP contribution in [-0.2, 0) is 13.5 Å². The molecule has 0 saturated carbocycles. The van der Waals surface area contributed by atoms with E-state index in [1.54, 1.807) is 23.0 Å². The van der Waals surface area contributed by atoms with E-state index in [2.05, 4.69) is 15.7 Å². The van der Waals surface area contributed by atoms with Gasteiger partial charge in [-0.05, 0) is 31.2 Å². The minimum atomic E-state index is -0.129. The van der Waals surface area contributed by atoms with Crippen LogP contribution in [0.1, 0.15) is 23.0 Å². The van der Waals surface area contributed by atoms with Crippen LogP contribution < -0.4 is 10.6 Å². The van der Waals surface area contributed by atoms with Crippen molar-refractivity contribution < 1.29 is 4.79 Å². The van der Waals surface area contributed by atoms with Gasteiger partial charge in [-0.2, -0.15) is 5.10 Å². The van der Waals surface area contributed by atoms with Gasteiger partial charge >= 0.3 is 0 Å². The third-order valence-electron chi connectivity index (χ3n) is 3.18. The molecule has 2 aromatic rings. The second-order valence-electron chi connectivity index (χ2n) is 4.67. The Morgan fingerprint density at radius 1 is 1.38 bits per heavy atom. The van der Waals surface area contributed by atoms with Gasteiger partial charge in [-0.15, -0.1) is 0 Å². The topological polar surface area (TPSA) is 59.0 Å². The van der Waals surface area contributed by atoms with Crippen LogP contribution in [-0.4, -0.2) is 28.8 Å². The summed E-state index contributed by atoms with van der Waals surface area (Å²) >= 11 is 5.98. The number of nitrogens with zero attached hydrogens (tertiary/aromatic N) is 2. The zero-order valence-electron chi connectivity index (χ0n) is 12.2. The number of amides is 1. The normalized spacial score (nSPS) is 10.4. The van der Waals surface area contributed by atoms with Crippen LogP contribution >= 0.6 is 11.6 Å². The molecule has 0 aliphatic carbocycles. The molecule has 0 fully saturated rings. The standard InChI is InChI=1S/C15H19ClN4O/c1-3-17-14-5-4-11(16)10-13(14)15(21)18-8-6-12-7-9-19-20(12)2/h4-5,7,9-10,17H,3,6,8H2,1-2H3,(H,18,21). The maximum Gasteiger partial charge on any atom is 0.253 e. The van der Waals surface area contributed by atoms with E-state index in [1.807, 2.05) is 26.1 Å². The summed E-state index contributed by atoms with van der Waals surface area (Å²) in [6, 6.07) is 7.21. The molecule has 112 valence electrons. The molecule has 0 aliphatic heterocycles. The summed E-state index contributed by atoms with van der Waals surface area (Å²) in [6.07, 6.45) is 2.48.